The molecular weight excluding hydrogens is 260 g/mol. The van der Waals surface area contributed by atoms with Gasteiger partial charge in [-0.2, -0.15) is 4.98 Å². The van der Waals surface area contributed by atoms with Crippen molar-refractivity contribution in [2.75, 3.05) is 19.0 Å². The molecular formula is C13H22N4O3. The van der Waals surface area contributed by atoms with Crippen LogP contribution in [0.2, 0.25) is 0 Å². The van der Waals surface area contributed by atoms with Crippen molar-refractivity contribution >= 4 is 11.5 Å². The Balaban J connectivity index is 2.78. The van der Waals surface area contributed by atoms with Crippen LogP contribution in [0.1, 0.15) is 39.5 Å². The molecule has 0 radical (unpaired) electrons. The molecule has 1 N–H and O–H groups in total. The van der Waals surface area contributed by atoms with Gasteiger partial charge in [0.05, 0.1) is 11.5 Å². The molecule has 7 heteroatoms. The van der Waals surface area contributed by atoms with Gasteiger partial charge in [0.1, 0.15) is 6.33 Å². The maximum absolute atomic E-state index is 11.1. The van der Waals surface area contributed by atoms with E-state index in [-0.39, 0.29) is 17.4 Å². The highest BCUT2D eigenvalue weighted by Crippen LogP contribution is 2.30. The van der Waals surface area contributed by atoms with Crippen LogP contribution >= 0.6 is 0 Å². The van der Waals surface area contributed by atoms with Crippen molar-refractivity contribution in [3.05, 3.63) is 16.4 Å². The lowest BCUT2D eigenvalue weighted by Gasteiger charge is -2.15. The Morgan fingerprint density at radius 3 is 2.75 bits per heavy atom. The van der Waals surface area contributed by atoms with E-state index in [0.29, 0.717) is 12.5 Å². The molecule has 112 valence electrons. The number of hydrogen-bond donors (Lipinski definition) is 1. The van der Waals surface area contributed by atoms with Crippen molar-refractivity contribution in [3.63, 3.8) is 0 Å². The van der Waals surface area contributed by atoms with Crippen molar-refractivity contribution < 1.29 is 9.66 Å². The van der Waals surface area contributed by atoms with Gasteiger partial charge in [-0.05, 0) is 12.3 Å². The lowest BCUT2D eigenvalue weighted by atomic mass is 10.0. The van der Waals surface area contributed by atoms with Crippen LogP contribution in [0.3, 0.4) is 0 Å². The third kappa shape index (κ3) is 4.32. The first-order valence-corrected chi connectivity index (χ1v) is 6.93. The van der Waals surface area contributed by atoms with E-state index in [0.717, 1.165) is 25.7 Å². The zero-order valence-corrected chi connectivity index (χ0v) is 12.3. The van der Waals surface area contributed by atoms with Gasteiger partial charge in [-0.25, -0.2) is 4.98 Å². The first-order chi connectivity index (χ1) is 9.63. The number of unbranched alkanes of at least 4 members (excludes halogenated alkanes) is 1. The molecule has 1 aromatic heterocycles. The molecule has 0 aliphatic carbocycles. The molecule has 0 aliphatic rings. The molecule has 0 saturated heterocycles. The minimum atomic E-state index is -0.520. The summed E-state index contributed by atoms with van der Waals surface area (Å²) in [6.07, 6.45) is 5.58. The Bertz CT molecular complexity index is 440. The summed E-state index contributed by atoms with van der Waals surface area (Å²) < 4.78 is 5.56. The van der Waals surface area contributed by atoms with E-state index in [4.69, 9.17) is 4.74 Å². The second-order valence-corrected chi connectivity index (χ2v) is 4.61. The summed E-state index contributed by atoms with van der Waals surface area (Å²) in [4.78, 5) is 18.3. The average Bonchev–Trinajstić information content (AvgIpc) is 2.46. The predicted octanol–water partition coefficient (Wildman–Crippen LogP) is 3.02. The molecule has 7 nitrogen and oxygen atoms in total. The highest BCUT2D eigenvalue weighted by molar-refractivity contribution is 5.60. The monoisotopic (exact) mass is 282 g/mol. The van der Waals surface area contributed by atoms with Crippen LogP contribution in [0.5, 0.6) is 5.88 Å². The van der Waals surface area contributed by atoms with Gasteiger partial charge in [0.15, 0.2) is 0 Å². The van der Waals surface area contributed by atoms with Gasteiger partial charge in [0.25, 0.3) is 5.88 Å². The van der Waals surface area contributed by atoms with Crippen molar-refractivity contribution in [3.8, 4) is 5.88 Å². The summed E-state index contributed by atoms with van der Waals surface area (Å²) >= 11 is 0. The van der Waals surface area contributed by atoms with E-state index in [1.54, 1.807) is 7.05 Å². The fourth-order valence-corrected chi connectivity index (χ4v) is 1.91. The van der Waals surface area contributed by atoms with E-state index in [1.807, 2.05) is 0 Å². The van der Waals surface area contributed by atoms with Gasteiger partial charge in [-0.3, -0.25) is 10.1 Å². The van der Waals surface area contributed by atoms with Gasteiger partial charge in [-0.1, -0.05) is 33.1 Å². The molecule has 0 aliphatic heterocycles. The number of nitrogens with zero attached hydrogens (tertiary/aromatic N) is 3. The fourth-order valence-electron chi connectivity index (χ4n) is 1.91. The number of ether oxygens (including phenoxy) is 1. The zero-order chi connectivity index (χ0) is 15.0. The highest BCUT2D eigenvalue weighted by Gasteiger charge is 2.24. The predicted molar refractivity (Wildman–Crippen MR) is 77.0 cm³/mol. The van der Waals surface area contributed by atoms with Crippen molar-refractivity contribution in [1.29, 1.82) is 0 Å². The Labute approximate surface area is 118 Å². The van der Waals surface area contributed by atoms with Gasteiger partial charge >= 0.3 is 5.69 Å². The summed E-state index contributed by atoms with van der Waals surface area (Å²) in [7, 11) is 1.58. The molecule has 1 heterocycles. The Hall–Kier alpha value is -1.92. The summed E-state index contributed by atoms with van der Waals surface area (Å²) in [6, 6.07) is 0. The second kappa shape index (κ2) is 8.29. The molecule has 0 saturated carbocycles. The topological polar surface area (TPSA) is 90.2 Å². The van der Waals surface area contributed by atoms with Crippen LogP contribution in [0.15, 0.2) is 6.33 Å². The highest BCUT2D eigenvalue weighted by atomic mass is 16.6. The number of aromatic nitrogens is 2. The molecule has 1 rings (SSSR count). The van der Waals surface area contributed by atoms with E-state index in [1.165, 1.54) is 6.33 Å². The van der Waals surface area contributed by atoms with Crippen LogP contribution in [0, 0.1) is 16.0 Å². The summed E-state index contributed by atoms with van der Waals surface area (Å²) in [5.74, 6) is 0.591. The number of rotatable bonds is 9. The molecule has 1 aromatic rings. The number of hydrogen-bond acceptors (Lipinski definition) is 6. The van der Waals surface area contributed by atoms with Crippen LogP contribution in [-0.4, -0.2) is 28.5 Å². The average molecular weight is 282 g/mol. The second-order valence-electron chi connectivity index (χ2n) is 4.61. The molecule has 0 amide bonds. The maximum Gasteiger partial charge on any atom is 0.372 e. The van der Waals surface area contributed by atoms with Gasteiger partial charge in [0, 0.05) is 7.05 Å². The van der Waals surface area contributed by atoms with Gasteiger partial charge in [-0.15, -0.1) is 0 Å². The molecule has 0 bridgehead atoms. The largest absolute Gasteiger partial charge is 0.472 e. The summed E-state index contributed by atoms with van der Waals surface area (Å²) in [6.45, 7) is 4.68. The van der Waals surface area contributed by atoms with Crippen LogP contribution in [0.25, 0.3) is 0 Å². The molecule has 1 unspecified atom stereocenters. The number of anilines is 1. The van der Waals surface area contributed by atoms with Crippen LogP contribution in [-0.2, 0) is 0 Å². The van der Waals surface area contributed by atoms with E-state index in [2.05, 4.69) is 29.1 Å². The fraction of sp³-hybridized carbons (Fsp3) is 0.692. The quantitative estimate of drug-likeness (QED) is 0.553. The standard InChI is InChI=1S/C13H22N4O3/c1-4-6-7-10(5-2)8-20-13-11(17(18)19)12(14-3)15-9-16-13/h9-10H,4-8H2,1-3H3,(H,14,15,16). The Morgan fingerprint density at radius 1 is 1.45 bits per heavy atom. The minimum absolute atomic E-state index is 0.0318. The third-order valence-corrected chi connectivity index (χ3v) is 3.21. The lowest BCUT2D eigenvalue weighted by molar-refractivity contribution is -0.385. The van der Waals surface area contributed by atoms with Gasteiger partial charge < -0.3 is 10.1 Å². The van der Waals surface area contributed by atoms with Crippen molar-refractivity contribution in [2.45, 2.75) is 39.5 Å². The maximum atomic E-state index is 11.1. The summed E-state index contributed by atoms with van der Waals surface area (Å²) in [5, 5.41) is 13.8. The number of nitrogens with one attached hydrogen (secondary N) is 1. The molecule has 1 atom stereocenters. The molecule has 20 heavy (non-hydrogen) atoms. The first-order valence-electron chi connectivity index (χ1n) is 6.93. The minimum Gasteiger partial charge on any atom is -0.472 e. The lowest BCUT2D eigenvalue weighted by Crippen LogP contribution is -2.13. The van der Waals surface area contributed by atoms with Gasteiger partial charge in [0.2, 0.25) is 5.82 Å². The van der Waals surface area contributed by atoms with Crippen molar-refractivity contribution in [1.82, 2.24) is 9.97 Å². The van der Waals surface area contributed by atoms with Crippen LogP contribution < -0.4 is 10.1 Å². The Kier molecular flexibility index (Phi) is 6.69. The van der Waals surface area contributed by atoms with Crippen molar-refractivity contribution in [2.24, 2.45) is 5.92 Å². The Morgan fingerprint density at radius 2 is 2.20 bits per heavy atom. The molecule has 0 fully saturated rings. The smallest absolute Gasteiger partial charge is 0.372 e. The number of nitro groups is 1. The molecule has 0 spiro atoms. The van der Waals surface area contributed by atoms with E-state index >= 15 is 0 Å². The van der Waals surface area contributed by atoms with Crippen LogP contribution in [0.4, 0.5) is 11.5 Å². The zero-order valence-electron chi connectivity index (χ0n) is 12.3. The SMILES string of the molecule is CCCCC(CC)COc1ncnc(NC)c1[N+](=O)[O-]. The normalized spacial score (nSPS) is 11.9. The summed E-state index contributed by atoms with van der Waals surface area (Å²) in [5.41, 5.74) is -0.208. The van der Waals surface area contributed by atoms with E-state index in [9.17, 15) is 10.1 Å². The first kappa shape index (κ1) is 16.1. The van der Waals surface area contributed by atoms with E-state index < -0.39 is 4.92 Å². The molecule has 0 aromatic carbocycles. The third-order valence-electron chi connectivity index (χ3n) is 3.21.